The molecular weight excluding hydrogens is 332 g/mol. The van der Waals surface area contributed by atoms with E-state index in [-0.39, 0.29) is 17.7 Å². The number of nitrogens with zero attached hydrogens (tertiary/aromatic N) is 2. The number of amides is 2. The van der Waals surface area contributed by atoms with Gasteiger partial charge in [0, 0.05) is 19.6 Å². The molecule has 2 heterocycles. The second-order valence-corrected chi connectivity index (χ2v) is 7.51. The molecule has 0 saturated carbocycles. The lowest BCUT2D eigenvalue weighted by Crippen LogP contribution is -2.55. The average Bonchev–Trinajstić information content (AvgIpc) is 3.05. The summed E-state index contributed by atoms with van der Waals surface area (Å²) in [6, 6.07) is 9.58. The number of rotatable bonds is 4. The fourth-order valence-electron chi connectivity index (χ4n) is 4.05. The maximum Gasteiger partial charge on any atom is 0.329 e. The number of carboxylic acid groups (broad SMARTS) is 1. The van der Waals surface area contributed by atoms with Crippen molar-refractivity contribution in [3.63, 3.8) is 0 Å². The zero-order valence-electron chi connectivity index (χ0n) is 15.2. The number of aliphatic carboxylic acids is 1. The number of hydrogen-bond acceptors (Lipinski definition) is 3. The van der Waals surface area contributed by atoms with Crippen molar-refractivity contribution in [1.29, 1.82) is 0 Å². The maximum atomic E-state index is 13.0. The van der Waals surface area contributed by atoms with Crippen molar-refractivity contribution >= 4 is 17.8 Å². The van der Waals surface area contributed by atoms with Crippen molar-refractivity contribution < 1.29 is 19.5 Å². The van der Waals surface area contributed by atoms with Crippen molar-refractivity contribution in [3.8, 4) is 0 Å². The fraction of sp³-hybridized carbons (Fsp3) is 0.550. The van der Waals surface area contributed by atoms with Crippen molar-refractivity contribution in [2.45, 2.75) is 44.6 Å². The van der Waals surface area contributed by atoms with Gasteiger partial charge in [0.1, 0.15) is 5.54 Å². The molecule has 1 N–H and O–H groups in total. The van der Waals surface area contributed by atoms with E-state index in [1.165, 1.54) is 4.90 Å². The summed E-state index contributed by atoms with van der Waals surface area (Å²) in [6.07, 6.45) is 3.00. The summed E-state index contributed by atoms with van der Waals surface area (Å²) < 4.78 is 0. The van der Waals surface area contributed by atoms with Gasteiger partial charge in [0.05, 0.1) is 12.3 Å². The lowest BCUT2D eigenvalue weighted by Gasteiger charge is -2.38. The van der Waals surface area contributed by atoms with E-state index < -0.39 is 11.5 Å². The Morgan fingerprint density at radius 1 is 1.15 bits per heavy atom. The zero-order valence-corrected chi connectivity index (χ0v) is 15.2. The molecule has 3 rings (SSSR count). The lowest BCUT2D eigenvalue weighted by atomic mass is 9.93. The highest BCUT2D eigenvalue weighted by Gasteiger charge is 2.47. The molecular formula is C20H26N2O4. The van der Waals surface area contributed by atoms with Gasteiger partial charge in [-0.25, -0.2) is 4.79 Å². The molecule has 1 aromatic rings. The van der Waals surface area contributed by atoms with Crippen LogP contribution in [0.1, 0.15) is 38.2 Å². The van der Waals surface area contributed by atoms with Crippen LogP contribution < -0.4 is 0 Å². The largest absolute Gasteiger partial charge is 0.480 e. The van der Waals surface area contributed by atoms with Crippen LogP contribution in [0, 0.1) is 5.92 Å². The quantitative estimate of drug-likeness (QED) is 0.892. The summed E-state index contributed by atoms with van der Waals surface area (Å²) in [5.41, 5.74) is -0.156. The summed E-state index contributed by atoms with van der Waals surface area (Å²) in [4.78, 5) is 40.5. The summed E-state index contributed by atoms with van der Waals surface area (Å²) in [7, 11) is 0. The maximum absolute atomic E-state index is 13.0. The molecule has 2 amide bonds. The second kappa shape index (κ2) is 7.48. The molecule has 0 radical (unpaired) electrons. The number of likely N-dealkylation sites (tertiary alicyclic amines) is 2. The van der Waals surface area contributed by atoms with Crippen LogP contribution in [0.4, 0.5) is 0 Å². The normalized spacial score (nSPS) is 26.0. The third-order valence-electron chi connectivity index (χ3n) is 5.69. The highest BCUT2D eigenvalue weighted by Crippen LogP contribution is 2.32. The second-order valence-electron chi connectivity index (χ2n) is 7.51. The van der Waals surface area contributed by atoms with Gasteiger partial charge in [0.25, 0.3) is 0 Å². The van der Waals surface area contributed by atoms with Crippen LogP contribution in [0.5, 0.6) is 0 Å². The van der Waals surface area contributed by atoms with Gasteiger partial charge in [0.2, 0.25) is 11.8 Å². The predicted molar refractivity (Wildman–Crippen MR) is 96.4 cm³/mol. The minimum Gasteiger partial charge on any atom is -0.480 e. The number of carbonyl (C=O) groups excluding carboxylic acids is 2. The summed E-state index contributed by atoms with van der Waals surface area (Å²) in [5.74, 6) is -1.35. The molecule has 2 aliphatic heterocycles. The van der Waals surface area contributed by atoms with Gasteiger partial charge in [-0.2, -0.15) is 0 Å². The van der Waals surface area contributed by atoms with Gasteiger partial charge in [-0.1, -0.05) is 30.3 Å². The van der Waals surface area contributed by atoms with E-state index in [4.69, 9.17) is 0 Å². The third kappa shape index (κ3) is 3.59. The number of benzene rings is 1. The first kappa shape index (κ1) is 18.4. The first-order valence-corrected chi connectivity index (χ1v) is 9.28. The monoisotopic (exact) mass is 358 g/mol. The van der Waals surface area contributed by atoms with Gasteiger partial charge in [-0.05, 0) is 38.2 Å². The Kier molecular flexibility index (Phi) is 5.30. The van der Waals surface area contributed by atoms with Crippen LogP contribution in [0.15, 0.2) is 30.3 Å². The fourth-order valence-corrected chi connectivity index (χ4v) is 4.05. The molecule has 2 aliphatic rings. The lowest BCUT2D eigenvalue weighted by molar-refractivity contribution is -0.158. The first-order chi connectivity index (χ1) is 12.4. The summed E-state index contributed by atoms with van der Waals surface area (Å²) in [6.45, 7) is 3.15. The van der Waals surface area contributed by atoms with Gasteiger partial charge in [-0.3, -0.25) is 9.59 Å². The van der Waals surface area contributed by atoms with Gasteiger partial charge in [-0.15, -0.1) is 0 Å². The third-order valence-corrected chi connectivity index (χ3v) is 5.69. The number of carboxylic acids is 1. The number of carbonyl (C=O) groups is 3. The Balaban J connectivity index is 1.65. The Morgan fingerprint density at radius 3 is 2.58 bits per heavy atom. The van der Waals surface area contributed by atoms with E-state index in [0.29, 0.717) is 45.3 Å². The molecule has 0 bridgehead atoms. The van der Waals surface area contributed by atoms with Gasteiger partial charge >= 0.3 is 5.97 Å². The highest BCUT2D eigenvalue weighted by molar-refractivity contribution is 5.89. The molecule has 26 heavy (non-hydrogen) atoms. The molecule has 0 aromatic heterocycles. The van der Waals surface area contributed by atoms with Crippen LogP contribution in [-0.4, -0.2) is 57.9 Å². The summed E-state index contributed by atoms with van der Waals surface area (Å²) in [5, 5.41) is 9.54. The minimum atomic E-state index is -1.12. The van der Waals surface area contributed by atoms with Crippen LogP contribution in [0.3, 0.4) is 0 Å². The Hall–Kier alpha value is -2.37. The molecule has 1 aromatic carbocycles. The molecule has 0 spiro atoms. The van der Waals surface area contributed by atoms with Crippen LogP contribution in [-0.2, 0) is 20.8 Å². The Bertz CT molecular complexity index is 690. The zero-order chi connectivity index (χ0) is 18.7. The summed E-state index contributed by atoms with van der Waals surface area (Å²) >= 11 is 0. The van der Waals surface area contributed by atoms with E-state index in [1.807, 2.05) is 30.3 Å². The SMILES string of the molecule is CC1(C(=O)O)CCCN1C(=O)C1CCCN(C(=O)Cc2ccccc2)C1. The Morgan fingerprint density at radius 2 is 1.88 bits per heavy atom. The van der Waals surface area contributed by atoms with Crippen LogP contribution in [0.2, 0.25) is 0 Å². The van der Waals surface area contributed by atoms with Gasteiger partial charge in [0.15, 0.2) is 0 Å². The van der Waals surface area contributed by atoms with E-state index in [0.717, 1.165) is 12.0 Å². The van der Waals surface area contributed by atoms with Crippen molar-refractivity contribution in [3.05, 3.63) is 35.9 Å². The molecule has 0 aliphatic carbocycles. The van der Waals surface area contributed by atoms with Gasteiger partial charge < -0.3 is 14.9 Å². The van der Waals surface area contributed by atoms with E-state index in [9.17, 15) is 19.5 Å². The van der Waals surface area contributed by atoms with E-state index in [2.05, 4.69) is 0 Å². The Labute approximate surface area is 153 Å². The standard InChI is InChI=1S/C20H26N2O4/c1-20(19(25)26)10-6-12-22(20)18(24)16-9-5-11-21(14-16)17(23)13-15-7-3-2-4-8-15/h2-4,7-8,16H,5-6,9-14H2,1H3,(H,25,26). The van der Waals surface area contributed by atoms with E-state index in [1.54, 1.807) is 11.8 Å². The smallest absolute Gasteiger partial charge is 0.329 e. The molecule has 6 heteroatoms. The minimum absolute atomic E-state index is 0.0242. The van der Waals surface area contributed by atoms with Crippen molar-refractivity contribution in [1.82, 2.24) is 9.80 Å². The predicted octanol–water partition coefficient (Wildman–Crippen LogP) is 1.93. The van der Waals surface area contributed by atoms with Crippen molar-refractivity contribution in [2.24, 2.45) is 5.92 Å². The first-order valence-electron chi connectivity index (χ1n) is 9.28. The molecule has 2 fully saturated rings. The molecule has 2 atom stereocenters. The molecule has 2 saturated heterocycles. The average molecular weight is 358 g/mol. The van der Waals surface area contributed by atoms with Crippen molar-refractivity contribution in [2.75, 3.05) is 19.6 Å². The van der Waals surface area contributed by atoms with E-state index >= 15 is 0 Å². The number of hydrogen-bond donors (Lipinski definition) is 1. The molecule has 2 unspecified atom stereocenters. The van der Waals surface area contributed by atoms with Crippen LogP contribution in [0.25, 0.3) is 0 Å². The number of piperidine rings is 1. The topological polar surface area (TPSA) is 77.9 Å². The molecule has 140 valence electrons. The molecule has 6 nitrogen and oxygen atoms in total. The van der Waals surface area contributed by atoms with Crippen LogP contribution >= 0.6 is 0 Å². The highest BCUT2D eigenvalue weighted by atomic mass is 16.4.